The van der Waals surface area contributed by atoms with Gasteiger partial charge in [0.2, 0.25) is 0 Å². The summed E-state index contributed by atoms with van der Waals surface area (Å²) in [5, 5.41) is 13.4. The van der Waals surface area contributed by atoms with Crippen molar-refractivity contribution in [1.82, 2.24) is 5.01 Å². The van der Waals surface area contributed by atoms with Crippen LogP contribution in [0.4, 0.5) is 5.69 Å². The van der Waals surface area contributed by atoms with Crippen LogP contribution in [0.3, 0.4) is 0 Å². The van der Waals surface area contributed by atoms with E-state index in [4.69, 9.17) is 23.2 Å². The third kappa shape index (κ3) is 3.03. The fourth-order valence-electron chi connectivity index (χ4n) is 1.99. The second-order valence-corrected chi connectivity index (χ2v) is 5.36. The Morgan fingerprint density at radius 2 is 1.75 bits per heavy atom. The van der Waals surface area contributed by atoms with Gasteiger partial charge in [0, 0.05) is 10.0 Å². The van der Waals surface area contributed by atoms with Crippen LogP contribution in [-0.2, 0) is 6.54 Å². The van der Waals surface area contributed by atoms with Gasteiger partial charge in [-0.25, -0.2) is 5.01 Å². The third-order valence-electron chi connectivity index (χ3n) is 2.95. The Bertz CT molecular complexity index is 627. The van der Waals surface area contributed by atoms with Crippen LogP contribution >= 0.6 is 23.2 Å². The molecule has 0 unspecified atom stereocenters. The predicted molar refractivity (Wildman–Crippen MR) is 80.6 cm³/mol. The van der Waals surface area contributed by atoms with E-state index in [1.54, 1.807) is 0 Å². The van der Waals surface area contributed by atoms with Crippen LogP contribution in [0, 0.1) is 0 Å². The Morgan fingerprint density at radius 1 is 0.950 bits per heavy atom. The fourth-order valence-corrected chi connectivity index (χ4v) is 2.33. The van der Waals surface area contributed by atoms with E-state index in [9.17, 15) is 0 Å². The molecule has 4 nitrogen and oxygen atoms in total. The van der Waals surface area contributed by atoms with E-state index in [1.165, 1.54) is 0 Å². The van der Waals surface area contributed by atoms with E-state index in [0.29, 0.717) is 18.2 Å². The standard InChI is InChI=1S/C14H12Cl2N4/c15-12-4-6-14(7-5-12)20-10-19(17-18-20)9-11-2-1-3-13(16)8-11/h1-8H,9-10H2. The van der Waals surface area contributed by atoms with Crippen LogP contribution in [0.5, 0.6) is 0 Å². The summed E-state index contributed by atoms with van der Waals surface area (Å²) in [4.78, 5) is 0. The molecular formula is C14H12Cl2N4. The molecule has 0 saturated carbocycles. The molecule has 0 atom stereocenters. The molecule has 0 spiro atoms. The quantitative estimate of drug-likeness (QED) is 0.832. The van der Waals surface area contributed by atoms with E-state index < -0.39 is 0 Å². The molecule has 0 saturated heterocycles. The van der Waals surface area contributed by atoms with Gasteiger partial charge in [0.1, 0.15) is 6.67 Å². The minimum atomic E-state index is 0.605. The molecule has 3 rings (SSSR count). The Hall–Kier alpha value is -1.78. The fraction of sp³-hybridized carbons (Fsp3) is 0.143. The van der Waals surface area contributed by atoms with Crippen molar-refractivity contribution in [3.63, 3.8) is 0 Å². The van der Waals surface area contributed by atoms with Crippen LogP contribution in [0.15, 0.2) is 59.0 Å². The average Bonchev–Trinajstić information content (AvgIpc) is 2.88. The summed E-state index contributed by atoms with van der Waals surface area (Å²) < 4.78 is 0. The van der Waals surface area contributed by atoms with E-state index >= 15 is 0 Å². The van der Waals surface area contributed by atoms with Gasteiger partial charge in [0.25, 0.3) is 0 Å². The third-order valence-corrected chi connectivity index (χ3v) is 3.44. The molecular weight excluding hydrogens is 295 g/mol. The first kappa shape index (κ1) is 13.2. The lowest BCUT2D eigenvalue weighted by atomic mass is 10.2. The zero-order valence-electron chi connectivity index (χ0n) is 10.6. The van der Waals surface area contributed by atoms with Crippen molar-refractivity contribution in [3.8, 4) is 0 Å². The average molecular weight is 307 g/mol. The van der Waals surface area contributed by atoms with Gasteiger partial charge in [-0.1, -0.05) is 40.6 Å². The SMILES string of the molecule is Clc1ccc(N2CN(Cc3cccc(Cl)c3)N=N2)cc1. The van der Waals surface area contributed by atoms with Gasteiger partial charge in [-0.15, -0.1) is 0 Å². The molecule has 2 aromatic carbocycles. The van der Waals surface area contributed by atoms with E-state index in [2.05, 4.69) is 10.4 Å². The summed E-state index contributed by atoms with van der Waals surface area (Å²) in [6.45, 7) is 1.28. The summed E-state index contributed by atoms with van der Waals surface area (Å²) in [5.74, 6) is 0. The first-order valence-electron chi connectivity index (χ1n) is 6.15. The second-order valence-electron chi connectivity index (χ2n) is 4.49. The highest BCUT2D eigenvalue weighted by atomic mass is 35.5. The summed E-state index contributed by atoms with van der Waals surface area (Å²) in [7, 11) is 0. The Morgan fingerprint density at radius 3 is 2.50 bits per heavy atom. The largest absolute Gasteiger partial charge is 0.251 e. The molecule has 1 aliphatic heterocycles. The van der Waals surface area contributed by atoms with Gasteiger partial charge in [0.15, 0.2) is 0 Å². The molecule has 0 aliphatic carbocycles. The maximum Gasteiger partial charge on any atom is 0.132 e. The Labute approximate surface area is 127 Å². The summed E-state index contributed by atoms with van der Waals surface area (Å²) in [6, 6.07) is 15.3. The van der Waals surface area contributed by atoms with Crippen molar-refractivity contribution in [3.05, 3.63) is 64.1 Å². The highest BCUT2D eigenvalue weighted by molar-refractivity contribution is 6.30. The normalized spacial score (nSPS) is 14.1. The molecule has 0 radical (unpaired) electrons. The van der Waals surface area contributed by atoms with Gasteiger partial charge in [-0.3, -0.25) is 5.01 Å². The summed E-state index contributed by atoms with van der Waals surface area (Å²) in [5.41, 5.74) is 2.07. The smallest absolute Gasteiger partial charge is 0.132 e. The molecule has 0 N–H and O–H groups in total. The molecule has 0 bridgehead atoms. The van der Waals surface area contributed by atoms with E-state index in [0.717, 1.165) is 16.3 Å². The van der Waals surface area contributed by atoms with Crippen LogP contribution in [0.1, 0.15) is 5.56 Å². The zero-order chi connectivity index (χ0) is 13.9. The van der Waals surface area contributed by atoms with Gasteiger partial charge in [0.05, 0.1) is 12.2 Å². The number of halogens is 2. The molecule has 0 aromatic heterocycles. The lowest BCUT2D eigenvalue weighted by molar-refractivity contribution is 0.307. The highest BCUT2D eigenvalue weighted by Gasteiger charge is 2.17. The minimum absolute atomic E-state index is 0.605. The topological polar surface area (TPSA) is 31.2 Å². The number of benzene rings is 2. The second kappa shape index (κ2) is 5.69. The number of hydrogen-bond donors (Lipinski definition) is 0. The van der Waals surface area contributed by atoms with Crippen molar-refractivity contribution in [2.45, 2.75) is 6.54 Å². The molecule has 2 aromatic rings. The van der Waals surface area contributed by atoms with Crippen molar-refractivity contribution < 1.29 is 0 Å². The number of rotatable bonds is 3. The monoisotopic (exact) mass is 306 g/mol. The number of nitrogens with zero attached hydrogens (tertiary/aromatic N) is 4. The summed E-state index contributed by atoms with van der Waals surface area (Å²) in [6.07, 6.45) is 0. The van der Waals surface area contributed by atoms with Crippen LogP contribution in [0.2, 0.25) is 10.0 Å². The number of hydrogen-bond acceptors (Lipinski definition) is 4. The van der Waals surface area contributed by atoms with Gasteiger partial charge in [-0.2, -0.15) is 0 Å². The first-order chi connectivity index (χ1) is 9.70. The van der Waals surface area contributed by atoms with Gasteiger partial charge < -0.3 is 0 Å². The van der Waals surface area contributed by atoms with Crippen molar-refractivity contribution in [1.29, 1.82) is 0 Å². The maximum absolute atomic E-state index is 5.97. The van der Waals surface area contributed by atoms with E-state index in [1.807, 2.05) is 58.5 Å². The van der Waals surface area contributed by atoms with E-state index in [-0.39, 0.29) is 0 Å². The Kier molecular flexibility index (Phi) is 3.76. The minimum Gasteiger partial charge on any atom is -0.251 e. The van der Waals surface area contributed by atoms with Crippen molar-refractivity contribution in [2.75, 3.05) is 11.7 Å². The van der Waals surface area contributed by atoms with Crippen molar-refractivity contribution >= 4 is 28.9 Å². The van der Waals surface area contributed by atoms with Crippen LogP contribution < -0.4 is 5.01 Å². The molecule has 0 amide bonds. The molecule has 1 aliphatic rings. The van der Waals surface area contributed by atoms with Gasteiger partial charge >= 0.3 is 0 Å². The lowest BCUT2D eigenvalue weighted by Gasteiger charge is -2.16. The molecule has 0 fully saturated rings. The summed E-state index contributed by atoms with van der Waals surface area (Å²) >= 11 is 11.8. The number of anilines is 1. The molecule has 20 heavy (non-hydrogen) atoms. The predicted octanol–water partition coefficient (Wildman–Crippen LogP) is 4.56. The van der Waals surface area contributed by atoms with Crippen LogP contribution in [0.25, 0.3) is 0 Å². The van der Waals surface area contributed by atoms with Gasteiger partial charge in [-0.05, 0) is 47.2 Å². The maximum atomic E-state index is 5.97. The zero-order valence-corrected chi connectivity index (χ0v) is 12.1. The Balaban J connectivity index is 1.65. The molecule has 102 valence electrons. The highest BCUT2D eigenvalue weighted by Crippen LogP contribution is 2.23. The first-order valence-corrected chi connectivity index (χ1v) is 6.90. The molecule has 1 heterocycles. The lowest BCUT2D eigenvalue weighted by Crippen LogP contribution is -2.24. The molecule has 6 heteroatoms. The van der Waals surface area contributed by atoms with Crippen LogP contribution in [-0.4, -0.2) is 11.7 Å². The van der Waals surface area contributed by atoms with Crippen molar-refractivity contribution in [2.24, 2.45) is 10.4 Å².